The number of aliphatic imine (C=N–C) groups is 1. The third-order valence-corrected chi connectivity index (χ3v) is 5.69. The molecule has 2 bridgehead atoms. The van der Waals surface area contributed by atoms with Crippen LogP contribution in [-0.4, -0.2) is 68.0 Å². The van der Waals surface area contributed by atoms with Gasteiger partial charge in [0, 0.05) is 13.1 Å². The summed E-state index contributed by atoms with van der Waals surface area (Å²) >= 11 is 0. The van der Waals surface area contributed by atoms with Crippen molar-refractivity contribution in [2.45, 2.75) is 69.9 Å². The lowest BCUT2D eigenvalue weighted by molar-refractivity contribution is -0.148. The lowest BCUT2D eigenvalue weighted by Gasteiger charge is -2.32. The molecule has 3 fully saturated rings. The lowest BCUT2D eigenvalue weighted by Crippen LogP contribution is -2.47. The Morgan fingerprint density at radius 2 is 1.96 bits per heavy atom. The number of halogens is 3. The van der Waals surface area contributed by atoms with Gasteiger partial charge in [0.05, 0.1) is 24.8 Å². The first-order valence-electron chi connectivity index (χ1n) is 9.92. The number of alkyl halides is 3. The molecule has 3 aliphatic rings. The van der Waals surface area contributed by atoms with Gasteiger partial charge < -0.3 is 15.4 Å². The van der Waals surface area contributed by atoms with Gasteiger partial charge in [-0.1, -0.05) is 0 Å². The normalized spacial score (nSPS) is 30.8. The van der Waals surface area contributed by atoms with Crippen LogP contribution in [-0.2, 0) is 4.74 Å². The zero-order valence-corrected chi connectivity index (χ0v) is 15.5. The van der Waals surface area contributed by atoms with Crippen LogP contribution in [0.2, 0.25) is 0 Å². The topological polar surface area (TPSA) is 48.9 Å². The summed E-state index contributed by atoms with van der Waals surface area (Å²) < 4.78 is 43.2. The fourth-order valence-corrected chi connectivity index (χ4v) is 4.33. The molecule has 26 heavy (non-hydrogen) atoms. The Hall–Kier alpha value is -1.02. The Labute approximate surface area is 153 Å². The molecule has 0 spiro atoms. The number of hydrogen-bond donors (Lipinski definition) is 2. The second-order valence-electron chi connectivity index (χ2n) is 7.74. The zero-order chi connectivity index (χ0) is 18.6. The zero-order valence-electron chi connectivity index (χ0n) is 15.5. The van der Waals surface area contributed by atoms with Crippen LogP contribution in [0.25, 0.3) is 0 Å². The lowest BCUT2D eigenvalue weighted by atomic mass is 9.93. The van der Waals surface area contributed by atoms with Gasteiger partial charge in [0.1, 0.15) is 0 Å². The first-order valence-corrected chi connectivity index (χ1v) is 9.92. The minimum Gasteiger partial charge on any atom is -0.373 e. The minimum absolute atomic E-state index is 0.307. The van der Waals surface area contributed by atoms with Crippen molar-refractivity contribution < 1.29 is 17.9 Å². The summed E-state index contributed by atoms with van der Waals surface area (Å²) in [6.45, 7) is 3.86. The second-order valence-corrected chi connectivity index (χ2v) is 7.74. The molecular weight excluding hydrogens is 345 g/mol. The van der Waals surface area contributed by atoms with E-state index in [1.54, 1.807) is 0 Å². The minimum atomic E-state index is -4.09. The number of rotatable bonds is 6. The van der Waals surface area contributed by atoms with Gasteiger partial charge in [-0.3, -0.25) is 9.89 Å². The van der Waals surface area contributed by atoms with E-state index in [0.717, 1.165) is 44.6 Å². The number of guanidine groups is 1. The highest BCUT2D eigenvalue weighted by molar-refractivity contribution is 5.80. The number of piperidine rings is 1. The average Bonchev–Trinajstić information content (AvgIpc) is 3.18. The van der Waals surface area contributed by atoms with Gasteiger partial charge in [0.15, 0.2) is 5.96 Å². The highest BCUT2D eigenvalue weighted by Crippen LogP contribution is 2.34. The van der Waals surface area contributed by atoms with Gasteiger partial charge in [0.2, 0.25) is 0 Å². The smallest absolute Gasteiger partial charge is 0.373 e. The summed E-state index contributed by atoms with van der Waals surface area (Å²) in [7, 11) is 0. The monoisotopic (exact) mass is 376 g/mol. The van der Waals surface area contributed by atoms with E-state index < -0.39 is 12.7 Å². The fourth-order valence-electron chi connectivity index (χ4n) is 4.33. The van der Waals surface area contributed by atoms with E-state index in [1.165, 1.54) is 11.3 Å². The van der Waals surface area contributed by atoms with Crippen molar-refractivity contribution in [3.8, 4) is 0 Å². The molecule has 2 N–H and O–H groups in total. The molecule has 0 aromatic heterocycles. The molecule has 150 valence electrons. The van der Waals surface area contributed by atoms with Gasteiger partial charge in [0.25, 0.3) is 0 Å². The number of fused-ring (bicyclic) bond motifs is 2. The molecule has 0 saturated carbocycles. The van der Waals surface area contributed by atoms with Gasteiger partial charge >= 0.3 is 6.18 Å². The summed E-state index contributed by atoms with van der Waals surface area (Å²) in [4.78, 5) is 6.19. The molecular formula is C18H31F3N4O. The number of nitrogens with one attached hydrogen (secondary N) is 2. The van der Waals surface area contributed by atoms with E-state index in [-0.39, 0.29) is 0 Å². The van der Waals surface area contributed by atoms with Gasteiger partial charge in [-0.2, -0.15) is 13.2 Å². The largest absolute Gasteiger partial charge is 0.401 e. The molecule has 0 aromatic rings. The molecule has 8 heteroatoms. The standard InChI is InChI=1S/C18H31F3N4O/c1-2-22-17(24-15-11-14-3-4-16(15)26-14)23-8-5-13-6-9-25(10-7-13)12-18(19,20)21/h13-16H,2-12H2,1H3,(H2,22,23,24). The van der Waals surface area contributed by atoms with Crippen LogP contribution in [0.3, 0.4) is 0 Å². The summed E-state index contributed by atoms with van der Waals surface area (Å²) in [5.74, 6) is 1.31. The molecule has 5 nitrogen and oxygen atoms in total. The second kappa shape index (κ2) is 8.78. The van der Waals surface area contributed by atoms with Crippen LogP contribution < -0.4 is 10.6 Å². The molecule has 3 rings (SSSR count). The summed E-state index contributed by atoms with van der Waals surface area (Å²) in [6, 6.07) is 0.345. The van der Waals surface area contributed by atoms with E-state index in [0.29, 0.717) is 43.8 Å². The van der Waals surface area contributed by atoms with E-state index in [2.05, 4.69) is 15.6 Å². The van der Waals surface area contributed by atoms with Gasteiger partial charge in [-0.15, -0.1) is 0 Å². The third kappa shape index (κ3) is 5.74. The van der Waals surface area contributed by atoms with E-state index >= 15 is 0 Å². The van der Waals surface area contributed by atoms with Crippen molar-refractivity contribution in [2.24, 2.45) is 10.9 Å². The molecule has 3 unspecified atom stereocenters. The van der Waals surface area contributed by atoms with Crippen molar-refractivity contribution in [3.63, 3.8) is 0 Å². The fraction of sp³-hybridized carbons (Fsp3) is 0.944. The molecule has 3 aliphatic heterocycles. The molecule has 3 heterocycles. The number of ether oxygens (including phenoxy) is 1. The van der Waals surface area contributed by atoms with Crippen molar-refractivity contribution in [3.05, 3.63) is 0 Å². The Morgan fingerprint density at radius 1 is 1.19 bits per heavy atom. The number of likely N-dealkylation sites (tertiary alicyclic amines) is 1. The van der Waals surface area contributed by atoms with Crippen molar-refractivity contribution in [1.82, 2.24) is 15.5 Å². The Kier molecular flexibility index (Phi) is 6.66. The van der Waals surface area contributed by atoms with E-state index in [4.69, 9.17) is 4.74 Å². The number of hydrogen-bond acceptors (Lipinski definition) is 3. The molecule has 3 saturated heterocycles. The number of nitrogens with zero attached hydrogens (tertiary/aromatic N) is 2. The van der Waals surface area contributed by atoms with Crippen LogP contribution >= 0.6 is 0 Å². The molecule has 0 radical (unpaired) electrons. The van der Waals surface area contributed by atoms with E-state index in [1.807, 2.05) is 6.92 Å². The third-order valence-electron chi connectivity index (χ3n) is 5.69. The molecule has 0 aromatic carbocycles. The maximum absolute atomic E-state index is 12.4. The highest BCUT2D eigenvalue weighted by Gasteiger charge is 2.41. The first-order chi connectivity index (χ1) is 12.4. The predicted molar refractivity (Wildman–Crippen MR) is 95.3 cm³/mol. The van der Waals surface area contributed by atoms with Gasteiger partial charge in [-0.05, 0) is 64.5 Å². The predicted octanol–water partition coefficient (Wildman–Crippen LogP) is 2.53. The van der Waals surface area contributed by atoms with Crippen molar-refractivity contribution in [1.29, 1.82) is 0 Å². The van der Waals surface area contributed by atoms with Crippen LogP contribution in [0.5, 0.6) is 0 Å². The van der Waals surface area contributed by atoms with Crippen LogP contribution in [0.15, 0.2) is 4.99 Å². The van der Waals surface area contributed by atoms with E-state index in [9.17, 15) is 13.2 Å². The maximum atomic E-state index is 12.4. The quantitative estimate of drug-likeness (QED) is 0.553. The molecule has 0 amide bonds. The van der Waals surface area contributed by atoms with Crippen molar-refractivity contribution >= 4 is 5.96 Å². The van der Waals surface area contributed by atoms with Crippen LogP contribution in [0.1, 0.15) is 45.4 Å². The Balaban J connectivity index is 1.38. The molecule has 0 aliphatic carbocycles. The summed E-state index contributed by atoms with van der Waals surface area (Å²) in [5.41, 5.74) is 0. The molecule has 3 atom stereocenters. The van der Waals surface area contributed by atoms with Gasteiger partial charge in [-0.25, -0.2) is 0 Å². The first kappa shape index (κ1) is 19.7. The van der Waals surface area contributed by atoms with Crippen LogP contribution in [0, 0.1) is 5.92 Å². The highest BCUT2D eigenvalue weighted by atomic mass is 19.4. The SMILES string of the molecule is CCNC(=NCCC1CCN(CC(F)(F)F)CC1)NC1CC2CCC1O2. The van der Waals surface area contributed by atoms with Crippen molar-refractivity contribution in [2.75, 3.05) is 32.7 Å². The maximum Gasteiger partial charge on any atom is 0.401 e. The summed E-state index contributed by atoms with van der Waals surface area (Å²) in [5, 5.41) is 6.79. The average molecular weight is 376 g/mol. The summed E-state index contributed by atoms with van der Waals surface area (Å²) in [6.07, 6.45) is 2.56. The Bertz CT molecular complexity index is 478. The van der Waals surface area contributed by atoms with Crippen LogP contribution in [0.4, 0.5) is 13.2 Å². The Morgan fingerprint density at radius 3 is 2.54 bits per heavy atom.